The lowest BCUT2D eigenvalue weighted by atomic mass is 9.90. The summed E-state index contributed by atoms with van der Waals surface area (Å²) >= 11 is 0. The lowest BCUT2D eigenvalue weighted by Crippen LogP contribution is -2.59. The fourth-order valence-corrected chi connectivity index (χ4v) is 1.35. The number of ether oxygens (including phenoxy) is 2. The first-order chi connectivity index (χ1) is 11.9. The predicted molar refractivity (Wildman–Crippen MR) is 76.0 cm³/mol. The Kier molecular flexibility index (Phi) is 8.08. The predicted octanol–water partition coefficient (Wildman–Crippen LogP) is 4.46. The van der Waals surface area contributed by atoms with Gasteiger partial charge in [-0.25, -0.2) is 8.78 Å². The van der Waals surface area contributed by atoms with Gasteiger partial charge in [-0.15, -0.1) is 0 Å². The Bertz CT molecular complexity index is 528. The SMILES string of the molecule is CC(OC(=O)CCC(=O)OCC(F)(F)C(F)(F)C(F)(F)C(F)F)C(C)(C)C. The van der Waals surface area contributed by atoms with E-state index in [2.05, 4.69) is 4.74 Å². The average Bonchev–Trinajstić information content (AvgIpc) is 2.49. The molecule has 0 aromatic rings. The van der Waals surface area contributed by atoms with Crippen LogP contribution in [0.3, 0.4) is 0 Å². The molecule has 0 aromatic heterocycles. The first-order valence-corrected chi connectivity index (χ1v) is 7.63. The standard InChI is InChI=1S/C15H20F8O4/c1-8(12(2,3)4)27-10(25)6-5-9(24)26-7-13(18,19)15(22,23)14(20,21)11(16)17/h8,11H,5-7H2,1-4H3. The normalized spacial score (nSPS) is 14.9. The second kappa shape index (κ2) is 8.59. The minimum absolute atomic E-state index is 0.431. The van der Waals surface area contributed by atoms with Crippen molar-refractivity contribution in [3.8, 4) is 0 Å². The van der Waals surface area contributed by atoms with Crippen molar-refractivity contribution in [2.45, 2.75) is 70.8 Å². The molecule has 0 N–H and O–H groups in total. The van der Waals surface area contributed by atoms with Crippen LogP contribution in [-0.2, 0) is 19.1 Å². The van der Waals surface area contributed by atoms with E-state index in [0.29, 0.717) is 0 Å². The van der Waals surface area contributed by atoms with Crippen molar-refractivity contribution < 1.29 is 54.2 Å². The molecule has 0 fully saturated rings. The van der Waals surface area contributed by atoms with Gasteiger partial charge in [0.1, 0.15) is 6.10 Å². The molecule has 0 bridgehead atoms. The molecule has 160 valence electrons. The Morgan fingerprint density at radius 2 is 1.33 bits per heavy atom. The van der Waals surface area contributed by atoms with Crippen LogP contribution in [0, 0.1) is 5.41 Å². The van der Waals surface area contributed by atoms with E-state index >= 15 is 0 Å². The van der Waals surface area contributed by atoms with Crippen molar-refractivity contribution in [3.05, 3.63) is 0 Å². The van der Waals surface area contributed by atoms with Crippen LogP contribution in [0.2, 0.25) is 0 Å². The third-order valence-electron chi connectivity index (χ3n) is 3.63. The molecule has 0 rings (SSSR count). The molecule has 12 heteroatoms. The van der Waals surface area contributed by atoms with Gasteiger partial charge in [-0.3, -0.25) is 9.59 Å². The maximum atomic E-state index is 13.2. The monoisotopic (exact) mass is 416 g/mol. The van der Waals surface area contributed by atoms with Crippen LogP contribution in [0.15, 0.2) is 0 Å². The van der Waals surface area contributed by atoms with Crippen molar-refractivity contribution >= 4 is 11.9 Å². The number of hydrogen-bond acceptors (Lipinski definition) is 4. The van der Waals surface area contributed by atoms with E-state index in [1.54, 1.807) is 27.7 Å². The molecule has 0 radical (unpaired) electrons. The number of esters is 2. The first-order valence-electron chi connectivity index (χ1n) is 7.63. The van der Waals surface area contributed by atoms with Crippen molar-refractivity contribution in [2.24, 2.45) is 5.41 Å². The summed E-state index contributed by atoms with van der Waals surface area (Å²) in [6, 6.07) is 0. The van der Waals surface area contributed by atoms with Crippen LogP contribution in [-0.4, -0.2) is 48.8 Å². The molecule has 0 aliphatic rings. The van der Waals surface area contributed by atoms with E-state index in [1.807, 2.05) is 0 Å². The van der Waals surface area contributed by atoms with E-state index in [-0.39, 0.29) is 0 Å². The molecule has 0 aliphatic carbocycles. The Balaban J connectivity index is 4.67. The highest BCUT2D eigenvalue weighted by molar-refractivity contribution is 5.77. The third-order valence-corrected chi connectivity index (χ3v) is 3.63. The minimum atomic E-state index is -6.46. The van der Waals surface area contributed by atoms with E-state index in [1.165, 1.54) is 0 Å². The van der Waals surface area contributed by atoms with Crippen LogP contribution in [0.4, 0.5) is 35.1 Å². The quantitative estimate of drug-likeness (QED) is 0.412. The van der Waals surface area contributed by atoms with Gasteiger partial charge in [-0.2, -0.15) is 26.3 Å². The highest BCUT2D eigenvalue weighted by atomic mass is 19.4. The summed E-state index contributed by atoms with van der Waals surface area (Å²) in [7, 11) is 0. The smallest absolute Gasteiger partial charge is 0.381 e. The van der Waals surface area contributed by atoms with Gasteiger partial charge in [0.05, 0.1) is 12.8 Å². The number of alkyl halides is 8. The fraction of sp³-hybridized carbons (Fsp3) is 0.867. The van der Waals surface area contributed by atoms with Crippen LogP contribution in [0.5, 0.6) is 0 Å². The minimum Gasteiger partial charge on any atom is -0.462 e. The summed E-state index contributed by atoms with van der Waals surface area (Å²) in [5.41, 5.74) is -0.431. The summed E-state index contributed by atoms with van der Waals surface area (Å²) in [6.07, 6.45) is -7.13. The highest BCUT2D eigenvalue weighted by Crippen LogP contribution is 2.48. The summed E-state index contributed by atoms with van der Waals surface area (Å²) in [4.78, 5) is 22.7. The molecule has 0 aromatic carbocycles. The zero-order chi connectivity index (χ0) is 21.8. The zero-order valence-electron chi connectivity index (χ0n) is 14.9. The zero-order valence-corrected chi connectivity index (χ0v) is 14.9. The Morgan fingerprint density at radius 1 is 0.889 bits per heavy atom. The second-order valence-corrected chi connectivity index (χ2v) is 6.86. The maximum absolute atomic E-state index is 13.2. The number of carbonyl (C=O) groups excluding carboxylic acids is 2. The molecular weight excluding hydrogens is 396 g/mol. The number of carbonyl (C=O) groups is 2. The molecule has 27 heavy (non-hydrogen) atoms. The van der Waals surface area contributed by atoms with E-state index in [4.69, 9.17) is 4.74 Å². The maximum Gasteiger partial charge on any atom is 0.381 e. The van der Waals surface area contributed by atoms with Gasteiger partial charge in [0.2, 0.25) is 0 Å². The molecular formula is C15H20F8O4. The van der Waals surface area contributed by atoms with Crippen LogP contribution >= 0.6 is 0 Å². The van der Waals surface area contributed by atoms with Gasteiger partial charge in [0, 0.05) is 0 Å². The fourth-order valence-electron chi connectivity index (χ4n) is 1.35. The van der Waals surface area contributed by atoms with Gasteiger partial charge >= 0.3 is 36.1 Å². The molecule has 4 nitrogen and oxygen atoms in total. The van der Waals surface area contributed by atoms with E-state index in [9.17, 15) is 44.7 Å². The Labute approximate surface area is 150 Å². The number of rotatable bonds is 9. The Hall–Kier alpha value is -1.62. The summed E-state index contributed by atoms with van der Waals surface area (Å²) in [5.74, 6) is -21.1. The average molecular weight is 416 g/mol. The van der Waals surface area contributed by atoms with Gasteiger partial charge in [0.25, 0.3) is 0 Å². The largest absolute Gasteiger partial charge is 0.462 e. The summed E-state index contributed by atoms with van der Waals surface area (Å²) < 4.78 is 110. The van der Waals surface area contributed by atoms with E-state index in [0.717, 1.165) is 0 Å². The van der Waals surface area contributed by atoms with Gasteiger partial charge < -0.3 is 9.47 Å². The molecule has 0 spiro atoms. The molecule has 1 atom stereocenters. The highest BCUT2D eigenvalue weighted by Gasteiger charge is 2.75. The molecule has 0 aliphatic heterocycles. The van der Waals surface area contributed by atoms with Gasteiger partial charge in [0.15, 0.2) is 6.61 Å². The molecule has 0 heterocycles. The molecule has 0 amide bonds. The topological polar surface area (TPSA) is 52.6 Å². The van der Waals surface area contributed by atoms with Crippen molar-refractivity contribution in [1.29, 1.82) is 0 Å². The first kappa shape index (κ1) is 25.4. The van der Waals surface area contributed by atoms with Crippen LogP contribution in [0.25, 0.3) is 0 Å². The van der Waals surface area contributed by atoms with Crippen molar-refractivity contribution in [2.75, 3.05) is 6.61 Å². The van der Waals surface area contributed by atoms with Crippen LogP contribution in [0.1, 0.15) is 40.5 Å². The van der Waals surface area contributed by atoms with E-state index < -0.39 is 67.1 Å². The third kappa shape index (κ3) is 6.49. The molecule has 0 saturated heterocycles. The van der Waals surface area contributed by atoms with Crippen molar-refractivity contribution in [1.82, 2.24) is 0 Å². The van der Waals surface area contributed by atoms with Crippen LogP contribution < -0.4 is 0 Å². The summed E-state index contributed by atoms with van der Waals surface area (Å²) in [5, 5.41) is 0. The Morgan fingerprint density at radius 3 is 1.74 bits per heavy atom. The lowest BCUT2D eigenvalue weighted by molar-refractivity contribution is -0.344. The number of hydrogen-bond donors (Lipinski definition) is 0. The summed E-state index contributed by atoms with van der Waals surface area (Å²) in [6.45, 7) is 4.24. The molecule has 0 saturated carbocycles. The second-order valence-electron chi connectivity index (χ2n) is 6.86. The lowest BCUT2D eigenvalue weighted by Gasteiger charge is -2.31. The molecule has 1 unspecified atom stereocenters. The number of halogens is 8. The van der Waals surface area contributed by atoms with Gasteiger partial charge in [-0.1, -0.05) is 20.8 Å². The van der Waals surface area contributed by atoms with Gasteiger partial charge in [-0.05, 0) is 12.3 Å². The van der Waals surface area contributed by atoms with Crippen molar-refractivity contribution in [3.63, 3.8) is 0 Å².